The van der Waals surface area contributed by atoms with Crippen LogP contribution in [0.3, 0.4) is 0 Å². The van der Waals surface area contributed by atoms with Crippen LogP contribution in [-0.2, 0) is 0 Å². The molecule has 1 N–H and O–H groups in total. The van der Waals surface area contributed by atoms with E-state index in [0.29, 0.717) is 36.9 Å². The molecule has 0 unspecified atom stereocenters. The summed E-state index contributed by atoms with van der Waals surface area (Å²) >= 11 is 5.91. The van der Waals surface area contributed by atoms with Crippen LogP contribution < -0.4 is 10.2 Å². The third-order valence-electron chi connectivity index (χ3n) is 3.83. The minimum absolute atomic E-state index is 0.133. The van der Waals surface area contributed by atoms with Gasteiger partial charge < -0.3 is 15.1 Å². The Morgan fingerprint density at radius 1 is 1.04 bits per heavy atom. The number of rotatable bonds is 2. The first-order valence-corrected chi connectivity index (χ1v) is 7.81. The third-order valence-corrected chi connectivity index (χ3v) is 4.07. The highest BCUT2D eigenvalue weighted by Gasteiger charge is 2.21. The largest absolute Gasteiger partial charge is 0.368 e. The van der Waals surface area contributed by atoms with E-state index < -0.39 is 0 Å². The molecule has 0 spiro atoms. The van der Waals surface area contributed by atoms with Gasteiger partial charge in [-0.15, -0.1) is 0 Å². The van der Waals surface area contributed by atoms with E-state index >= 15 is 0 Å². The number of carbonyl (C=O) groups is 1. The fourth-order valence-corrected chi connectivity index (χ4v) is 2.78. The second-order valence-corrected chi connectivity index (χ2v) is 5.83. The summed E-state index contributed by atoms with van der Waals surface area (Å²) in [6.45, 7) is 2.66. The molecule has 2 aromatic rings. The number of carbonyl (C=O) groups excluding carboxylic acids is 1. The molecule has 120 valence electrons. The average molecular weight is 334 g/mol. The lowest BCUT2D eigenvalue weighted by molar-refractivity contribution is 0.208. The minimum atomic E-state index is -0.242. The van der Waals surface area contributed by atoms with Crippen molar-refractivity contribution in [2.24, 2.45) is 0 Å². The van der Waals surface area contributed by atoms with Gasteiger partial charge in [-0.1, -0.05) is 17.7 Å². The summed E-state index contributed by atoms with van der Waals surface area (Å²) in [5.41, 5.74) is 1.66. The second-order valence-electron chi connectivity index (χ2n) is 5.39. The van der Waals surface area contributed by atoms with Gasteiger partial charge in [0.1, 0.15) is 5.82 Å². The lowest BCUT2D eigenvalue weighted by Crippen LogP contribution is -2.50. The number of nitrogens with one attached hydrogen (secondary N) is 1. The highest BCUT2D eigenvalue weighted by atomic mass is 35.5. The average Bonchev–Trinajstić information content (AvgIpc) is 2.56. The van der Waals surface area contributed by atoms with Crippen LogP contribution in [0.25, 0.3) is 0 Å². The SMILES string of the molecule is O=C(Nc1cccc(Cl)c1)N1CCN(c2ccc(F)cc2)CC1. The maximum atomic E-state index is 13.0. The summed E-state index contributed by atoms with van der Waals surface area (Å²) in [6, 6.07) is 13.4. The molecule has 0 aliphatic carbocycles. The van der Waals surface area contributed by atoms with E-state index in [1.807, 2.05) is 0 Å². The molecule has 0 bridgehead atoms. The van der Waals surface area contributed by atoms with E-state index in [1.165, 1.54) is 12.1 Å². The van der Waals surface area contributed by atoms with Crippen molar-refractivity contribution in [3.8, 4) is 0 Å². The van der Waals surface area contributed by atoms with Gasteiger partial charge in [-0.2, -0.15) is 0 Å². The van der Waals surface area contributed by atoms with Crippen molar-refractivity contribution < 1.29 is 9.18 Å². The Balaban J connectivity index is 1.56. The number of nitrogens with zero attached hydrogens (tertiary/aromatic N) is 2. The zero-order valence-corrected chi connectivity index (χ0v) is 13.3. The summed E-state index contributed by atoms with van der Waals surface area (Å²) in [7, 11) is 0. The van der Waals surface area contributed by atoms with Crippen LogP contribution in [0.5, 0.6) is 0 Å². The summed E-state index contributed by atoms with van der Waals surface area (Å²) in [5, 5.41) is 3.44. The lowest BCUT2D eigenvalue weighted by atomic mass is 10.2. The van der Waals surface area contributed by atoms with Crippen molar-refractivity contribution in [2.75, 3.05) is 36.4 Å². The molecule has 6 heteroatoms. The van der Waals surface area contributed by atoms with Crippen LogP contribution >= 0.6 is 11.6 Å². The first-order chi connectivity index (χ1) is 11.1. The molecule has 0 saturated carbocycles. The van der Waals surface area contributed by atoms with Crippen LogP contribution in [-0.4, -0.2) is 37.1 Å². The first kappa shape index (κ1) is 15.6. The second kappa shape index (κ2) is 6.87. The number of benzene rings is 2. The Hall–Kier alpha value is -2.27. The van der Waals surface area contributed by atoms with Crippen molar-refractivity contribution in [1.29, 1.82) is 0 Å². The molecular formula is C17H17ClFN3O. The number of halogens is 2. The molecular weight excluding hydrogens is 317 g/mol. The van der Waals surface area contributed by atoms with Crippen molar-refractivity contribution in [1.82, 2.24) is 4.90 Å². The van der Waals surface area contributed by atoms with E-state index in [4.69, 9.17) is 11.6 Å². The van der Waals surface area contributed by atoms with Crippen LogP contribution in [0.2, 0.25) is 5.02 Å². The molecule has 2 amide bonds. The normalized spacial score (nSPS) is 14.7. The fourth-order valence-electron chi connectivity index (χ4n) is 2.59. The van der Waals surface area contributed by atoms with E-state index in [0.717, 1.165) is 5.69 Å². The maximum Gasteiger partial charge on any atom is 0.321 e. The monoisotopic (exact) mass is 333 g/mol. The van der Waals surface area contributed by atoms with Gasteiger partial charge in [-0.3, -0.25) is 0 Å². The summed E-state index contributed by atoms with van der Waals surface area (Å²) < 4.78 is 13.0. The van der Waals surface area contributed by atoms with Crippen LogP contribution in [0.15, 0.2) is 48.5 Å². The standard InChI is InChI=1S/C17H17ClFN3O/c18-13-2-1-3-15(12-13)20-17(23)22-10-8-21(9-11-22)16-6-4-14(19)5-7-16/h1-7,12H,8-11H2,(H,20,23). The Bertz CT molecular complexity index is 684. The molecule has 23 heavy (non-hydrogen) atoms. The number of anilines is 2. The molecule has 3 rings (SSSR count). The minimum Gasteiger partial charge on any atom is -0.368 e. The van der Waals surface area contributed by atoms with Gasteiger partial charge in [-0.05, 0) is 42.5 Å². The lowest BCUT2D eigenvalue weighted by Gasteiger charge is -2.36. The van der Waals surface area contributed by atoms with Crippen LogP contribution in [0.4, 0.5) is 20.6 Å². The van der Waals surface area contributed by atoms with Gasteiger partial charge in [0.15, 0.2) is 0 Å². The number of urea groups is 1. The van der Waals surface area contributed by atoms with Gasteiger partial charge in [0, 0.05) is 42.6 Å². The zero-order chi connectivity index (χ0) is 16.2. The van der Waals surface area contributed by atoms with Crippen LogP contribution in [0, 0.1) is 5.82 Å². The molecule has 1 saturated heterocycles. The van der Waals surface area contributed by atoms with Gasteiger partial charge >= 0.3 is 6.03 Å². The number of piperazine rings is 1. The Labute approximate surface area is 139 Å². The summed E-state index contributed by atoms with van der Waals surface area (Å²) in [4.78, 5) is 16.2. The quantitative estimate of drug-likeness (QED) is 0.906. The van der Waals surface area contributed by atoms with Crippen molar-refractivity contribution in [3.05, 3.63) is 59.4 Å². The van der Waals surface area contributed by atoms with E-state index in [9.17, 15) is 9.18 Å². The van der Waals surface area contributed by atoms with Crippen molar-refractivity contribution in [3.63, 3.8) is 0 Å². The van der Waals surface area contributed by atoms with Gasteiger partial charge in [0.25, 0.3) is 0 Å². The summed E-state index contributed by atoms with van der Waals surface area (Å²) in [5.74, 6) is -0.242. The van der Waals surface area contributed by atoms with Gasteiger partial charge in [-0.25, -0.2) is 9.18 Å². The Morgan fingerprint density at radius 2 is 1.74 bits per heavy atom. The molecule has 0 atom stereocenters. The first-order valence-electron chi connectivity index (χ1n) is 7.44. The van der Waals surface area contributed by atoms with Gasteiger partial charge in [0.2, 0.25) is 0 Å². The molecule has 2 aromatic carbocycles. The number of amides is 2. The van der Waals surface area contributed by atoms with Crippen LogP contribution in [0.1, 0.15) is 0 Å². The van der Waals surface area contributed by atoms with E-state index in [1.54, 1.807) is 41.3 Å². The molecule has 4 nitrogen and oxygen atoms in total. The summed E-state index contributed by atoms with van der Waals surface area (Å²) in [6.07, 6.45) is 0. The highest BCUT2D eigenvalue weighted by molar-refractivity contribution is 6.30. The maximum absolute atomic E-state index is 13.0. The smallest absolute Gasteiger partial charge is 0.321 e. The number of hydrogen-bond acceptors (Lipinski definition) is 2. The fraction of sp³-hybridized carbons (Fsp3) is 0.235. The molecule has 1 aliphatic rings. The molecule has 0 aromatic heterocycles. The predicted octanol–water partition coefficient (Wildman–Crippen LogP) is 3.83. The highest BCUT2D eigenvalue weighted by Crippen LogP contribution is 2.18. The molecule has 1 aliphatic heterocycles. The zero-order valence-electron chi connectivity index (χ0n) is 12.5. The van der Waals surface area contributed by atoms with E-state index in [2.05, 4.69) is 10.2 Å². The molecule has 1 fully saturated rings. The van der Waals surface area contributed by atoms with Crippen molar-refractivity contribution >= 4 is 29.0 Å². The van der Waals surface area contributed by atoms with Crippen molar-refractivity contribution in [2.45, 2.75) is 0 Å². The third kappa shape index (κ3) is 3.93. The molecule has 0 radical (unpaired) electrons. The predicted molar refractivity (Wildman–Crippen MR) is 90.7 cm³/mol. The Morgan fingerprint density at radius 3 is 2.39 bits per heavy atom. The number of hydrogen-bond donors (Lipinski definition) is 1. The topological polar surface area (TPSA) is 35.6 Å². The van der Waals surface area contributed by atoms with Gasteiger partial charge in [0.05, 0.1) is 0 Å². The van der Waals surface area contributed by atoms with E-state index in [-0.39, 0.29) is 11.8 Å². The Kier molecular flexibility index (Phi) is 4.67. The molecule has 1 heterocycles.